The molecule has 3 N–H and O–H groups in total. The van der Waals surface area contributed by atoms with Crippen molar-refractivity contribution in [1.29, 1.82) is 5.41 Å². The van der Waals surface area contributed by atoms with Crippen molar-refractivity contribution in [3.05, 3.63) is 93.1 Å². The Bertz CT molecular complexity index is 1550. The highest BCUT2D eigenvalue weighted by atomic mass is 35.5. The molecule has 1 amide bonds. The zero-order chi connectivity index (χ0) is 26.1. The van der Waals surface area contributed by atoms with Gasteiger partial charge in [-0.15, -0.1) is 11.3 Å². The molecule has 0 aliphatic carbocycles. The predicted molar refractivity (Wildman–Crippen MR) is 146 cm³/mol. The molecule has 11 heteroatoms. The lowest BCUT2D eigenvalue weighted by Crippen LogP contribution is -2.26. The van der Waals surface area contributed by atoms with E-state index in [4.69, 9.17) is 33.3 Å². The number of halogens is 2. The average molecular weight is 553 g/mol. The first-order chi connectivity index (χ1) is 17.8. The van der Waals surface area contributed by atoms with Gasteiger partial charge < -0.3 is 20.1 Å². The number of esters is 1. The Kier molecular flexibility index (Phi) is 6.84. The topological polar surface area (TPSA) is 116 Å². The maximum absolute atomic E-state index is 12.4. The quantitative estimate of drug-likeness (QED) is 0.246. The molecule has 1 aliphatic rings. The molecule has 0 bridgehead atoms. The highest BCUT2D eigenvalue weighted by Crippen LogP contribution is 2.35. The number of ether oxygens (including phenoxy) is 1. The van der Waals surface area contributed by atoms with Crippen LogP contribution in [-0.2, 0) is 9.53 Å². The van der Waals surface area contributed by atoms with Crippen LogP contribution < -0.4 is 10.2 Å². The van der Waals surface area contributed by atoms with Crippen molar-refractivity contribution >= 4 is 79.4 Å². The third kappa shape index (κ3) is 5.01. The highest BCUT2D eigenvalue weighted by Gasteiger charge is 2.31. The number of fused-ring (bicyclic) bond motifs is 1. The molecule has 0 radical (unpaired) electrons. The number of carbonyl (C=O) groups excluding carboxylic acids is 2. The first kappa shape index (κ1) is 24.8. The van der Waals surface area contributed by atoms with E-state index in [-0.39, 0.29) is 28.7 Å². The van der Waals surface area contributed by atoms with Gasteiger partial charge in [0, 0.05) is 5.69 Å². The molecule has 0 fully saturated rings. The number of anilines is 2. The molecule has 0 spiro atoms. The standard InChI is InChI=1S/C26H18Cl2N4O4S/c27-16-4-3-6-18(23(16)28)30-21(34)13-36-26(35)14-8-10-15(11-9-14)32-12-19(33)22(24(32)29)25-31-17-5-1-2-7-20(17)37-25/h1-11,29,33H,12-13H2,(H,30,34). The molecule has 5 rings (SSSR count). The number of para-hydroxylation sites is 1. The van der Waals surface area contributed by atoms with Crippen LogP contribution in [0, 0.1) is 5.41 Å². The van der Waals surface area contributed by atoms with Gasteiger partial charge in [-0.1, -0.05) is 41.4 Å². The Morgan fingerprint density at radius 2 is 1.84 bits per heavy atom. The average Bonchev–Trinajstić information content (AvgIpc) is 3.45. The summed E-state index contributed by atoms with van der Waals surface area (Å²) in [4.78, 5) is 30.8. The van der Waals surface area contributed by atoms with Gasteiger partial charge in [-0.25, -0.2) is 9.78 Å². The second-order valence-electron chi connectivity index (χ2n) is 8.02. The lowest BCUT2D eigenvalue weighted by atomic mass is 10.2. The van der Waals surface area contributed by atoms with E-state index < -0.39 is 18.5 Å². The van der Waals surface area contributed by atoms with Crippen molar-refractivity contribution in [1.82, 2.24) is 4.98 Å². The number of amides is 1. The van der Waals surface area contributed by atoms with E-state index >= 15 is 0 Å². The van der Waals surface area contributed by atoms with Crippen LogP contribution in [0.2, 0.25) is 10.0 Å². The summed E-state index contributed by atoms with van der Waals surface area (Å²) in [6, 6.07) is 18.8. The Morgan fingerprint density at radius 3 is 2.59 bits per heavy atom. The van der Waals surface area contributed by atoms with Gasteiger partial charge in [-0.2, -0.15) is 0 Å². The Labute approximate surface area is 225 Å². The van der Waals surface area contributed by atoms with Gasteiger partial charge in [0.1, 0.15) is 16.6 Å². The zero-order valence-corrected chi connectivity index (χ0v) is 21.3. The highest BCUT2D eigenvalue weighted by molar-refractivity contribution is 7.19. The number of nitrogens with zero attached hydrogens (tertiary/aromatic N) is 2. The predicted octanol–water partition coefficient (Wildman–Crippen LogP) is 6.17. The summed E-state index contributed by atoms with van der Waals surface area (Å²) in [5.41, 5.74) is 2.34. The van der Waals surface area contributed by atoms with Crippen LogP contribution in [0.15, 0.2) is 72.5 Å². The molecule has 0 saturated carbocycles. The summed E-state index contributed by atoms with van der Waals surface area (Å²) in [6.45, 7) is -0.399. The number of rotatable bonds is 6. The summed E-state index contributed by atoms with van der Waals surface area (Å²) in [6.07, 6.45) is 0. The second kappa shape index (κ2) is 10.2. The van der Waals surface area contributed by atoms with Gasteiger partial charge in [-0.05, 0) is 48.5 Å². The van der Waals surface area contributed by atoms with Gasteiger partial charge in [0.15, 0.2) is 6.61 Å². The minimum atomic E-state index is -0.688. The van der Waals surface area contributed by atoms with Crippen molar-refractivity contribution in [2.24, 2.45) is 0 Å². The fraction of sp³-hybridized carbons (Fsp3) is 0.0769. The molecule has 0 unspecified atom stereocenters. The van der Waals surface area contributed by atoms with Crippen LogP contribution in [0.3, 0.4) is 0 Å². The third-order valence-corrected chi connectivity index (χ3v) is 7.46. The largest absolute Gasteiger partial charge is 0.510 e. The monoisotopic (exact) mass is 552 g/mol. The first-order valence-corrected chi connectivity index (χ1v) is 12.5. The maximum Gasteiger partial charge on any atom is 0.338 e. The number of nitrogens with one attached hydrogen (secondary N) is 2. The molecule has 8 nitrogen and oxygen atoms in total. The van der Waals surface area contributed by atoms with Crippen molar-refractivity contribution in [2.45, 2.75) is 0 Å². The number of aromatic nitrogens is 1. The number of thiazole rings is 1. The second-order valence-corrected chi connectivity index (χ2v) is 9.83. The SMILES string of the molecule is N=C1C(c2nc3ccccc3s2)=C(O)CN1c1ccc(C(=O)OCC(=O)Nc2cccc(Cl)c2Cl)cc1. The summed E-state index contributed by atoms with van der Waals surface area (Å²) < 4.78 is 6.07. The minimum absolute atomic E-state index is 0.0540. The fourth-order valence-corrected chi connectivity index (χ4v) is 5.16. The van der Waals surface area contributed by atoms with Crippen molar-refractivity contribution in [2.75, 3.05) is 23.4 Å². The van der Waals surface area contributed by atoms with Crippen LogP contribution in [0.25, 0.3) is 15.8 Å². The van der Waals surface area contributed by atoms with Gasteiger partial charge in [0.05, 0.1) is 43.6 Å². The van der Waals surface area contributed by atoms with Crippen LogP contribution in [0.4, 0.5) is 11.4 Å². The molecular weight excluding hydrogens is 535 g/mol. The van der Waals surface area contributed by atoms with Crippen LogP contribution in [0.1, 0.15) is 15.4 Å². The van der Waals surface area contributed by atoms with Gasteiger partial charge in [0.25, 0.3) is 5.91 Å². The molecule has 0 saturated heterocycles. The number of hydrogen-bond acceptors (Lipinski definition) is 7. The minimum Gasteiger partial charge on any atom is -0.510 e. The van der Waals surface area contributed by atoms with Gasteiger partial charge >= 0.3 is 5.97 Å². The van der Waals surface area contributed by atoms with E-state index in [0.29, 0.717) is 27.0 Å². The number of amidine groups is 1. The lowest BCUT2D eigenvalue weighted by Gasteiger charge is -2.18. The molecule has 3 aromatic carbocycles. The van der Waals surface area contributed by atoms with Crippen LogP contribution in [-0.4, -0.2) is 41.0 Å². The number of benzene rings is 3. The van der Waals surface area contributed by atoms with Gasteiger partial charge in [-0.3, -0.25) is 10.2 Å². The molecule has 4 aromatic rings. The van der Waals surface area contributed by atoms with Crippen LogP contribution in [0.5, 0.6) is 0 Å². The summed E-state index contributed by atoms with van der Waals surface area (Å²) >= 11 is 13.4. The smallest absolute Gasteiger partial charge is 0.338 e. The van der Waals surface area contributed by atoms with Crippen molar-refractivity contribution in [3.8, 4) is 0 Å². The normalized spacial score (nSPS) is 13.4. The summed E-state index contributed by atoms with van der Waals surface area (Å²) in [7, 11) is 0. The van der Waals surface area contributed by atoms with Crippen LogP contribution >= 0.6 is 34.5 Å². The van der Waals surface area contributed by atoms with Gasteiger partial charge in [0.2, 0.25) is 0 Å². The van der Waals surface area contributed by atoms with E-state index in [1.54, 1.807) is 35.2 Å². The Balaban J connectivity index is 1.22. The maximum atomic E-state index is 12.4. The fourth-order valence-electron chi connectivity index (χ4n) is 3.78. The molecule has 0 atom stereocenters. The molecule has 1 aliphatic heterocycles. The molecule has 2 heterocycles. The zero-order valence-electron chi connectivity index (χ0n) is 19.0. The van der Waals surface area contributed by atoms with E-state index in [1.165, 1.54) is 23.5 Å². The number of aliphatic hydroxyl groups is 1. The lowest BCUT2D eigenvalue weighted by molar-refractivity contribution is -0.119. The first-order valence-electron chi connectivity index (χ1n) is 11.0. The van der Waals surface area contributed by atoms with Crippen molar-refractivity contribution < 1.29 is 19.4 Å². The summed E-state index contributed by atoms with van der Waals surface area (Å²) in [5.74, 6) is -1.09. The molecule has 37 heavy (non-hydrogen) atoms. The Morgan fingerprint density at radius 1 is 1.08 bits per heavy atom. The number of carbonyl (C=O) groups is 2. The van der Waals surface area contributed by atoms with Crippen molar-refractivity contribution in [3.63, 3.8) is 0 Å². The molecule has 1 aromatic heterocycles. The number of aliphatic hydroxyl groups excluding tert-OH is 1. The summed E-state index contributed by atoms with van der Waals surface area (Å²) in [5, 5.41) is 22.8. The molecule has 186 valence electrons. The Hall–Kier alpha value is -3.92. The third-order valence-electron chi connectivity index (χ3n) is 5.59. The van der Waals surface area contributed by atoms with E-state index in [9.17, 15) is 14.7 Å². The van der Waals surface area contributed by atoms with E-state index in [1.807, 2.05) is 24.3 Å². The van der Waals surface area contributed by atoms with E-state index in [2.05, 4.69) is 10.3 Å². The molecular formula is C26H18Cl2N4O4S. The van der Waals surface area contributed by atoms with E-state index in [0.717, 1.165) is 10.2 Å². The number of hydrogen-bond donors (Lipinski definition) is 3.